The van der Waals surface area contributed by atoms with Crippen molar-refractivity contribution in [3.8, 4) is 0 Å². The Kier molecular flexibility index (Phi) is 9.16. The van der Waals surface area contributed by atoms with Gasteiger partial charge >= 0.3 is 17.6 Å². The number of aromatic nitrogens is 2. The maximum Gasteiger partial charge on any atom is 0.336 e. The van der Waals surface area contributed by atoms with Gasteiger partial charge in [-0.15, -0.1) is 0 Å². The maximum absolute atomic E-state index is 13.7. The van der Waals surface area contributed by atoms with Gasteiger partial charge in [0.2, 0.25) is 5.82 Å². The van der Waals surface area contributed by atoms with Crippen LogP contribution in [0.2, 0.25) is 13.1 Å². The van der Waals surface area contributed by atoms with Gasteiger partial charge in [-0.1, -0.05) is 6.82 Å². The van der Waals surface area contributed by atoms with Crippen LogP contribution in [0.1, 0.15) is 6.42 Å². The second-order valence-electron chi connectivity index (χ2n) is 5.32. The second kappa shape index (κ2) is 11.1. The van der Waals surface area contributed by atoms with E-state index in [9.17, 15) is 28.4 Å². The Labute approximate surface area is 153 Å². The smallest absolute Gasteiger partial charge is 0.336 e. The van der Waals surface area contributed by atoms with Crippen molar-refractivity contribution in [2.75, 3.05) is 6.54 Å². The van der Waals surface area contributed by atoms with E-state index in [0.717, 1.165) is 7.41 Å². The van der Waals surface area contributed by atoms with Gasteiger partial charge in [-0.2, -0.15) is 4.39 Å². The van der Waals surface area contributed by atoms with Gasteiger partial charge in [0.15, 0.2) is 13.5 Å². The summed E-state index contributed by atoms with van der Waals surface area (Å²) in [5, 5.41) is 11.4. The minimum Gasteiger partial charge on any atom is -0.451 e. The fraction of sp³-hybridized carbons (Fsp3) is 0.462. The number of rotatable bonds is 11. The van der Waals surface area contributed by atoms with Gasteiger partial charge in [0.05, 0.1) is 18.9 Å². The molecule has 0 bridgehead atoms. The molecule has 0 aliphatic heterocycles. The summed E-state index contributed by atoms with van der Waals surface area (Å²) in [5.74, 6) is -2.96. The summed E-state index contributed by atoms with van der Waals surface area (Å²) in [7, 11) is 0.939. The number of carbonyl (C=O) groups is 3. The number of nitrogens with zero attached hydrogens (tertiary/aromatic N) is 2. The molecule has 1 radical (unpaired) electrons. The first-order chi connectivity index (χ1) is 12.8. The van der Waals surface area contributed by atoms with Crippen LogP contribution in [0.5, 0.6) is 0 Å². The lowest BCUT2D eigenvalue weighted by Gasteiger charge is -2.11. The fourth-order valence-corrected chi connectivity index (χ4v) is 1.74. The zero-order valence-electron chi connectivity index (χ0n) is 14.4. The van der Waals surface area contributed by atoms with E-state index < -0.39 is 55.9 Å². The molecule has 1 aromatic rings. The number of nitrogens with one attached hydrogen (secondary N) is 1. The second-order valence-corrected chi connectivity index (χ2v) is 5.32. The molecule has 14 heteroatoms. The minimum absolute atomic E-state index is 0.114. The lowest BCUT2D eigenvalue weighted by atomic mass is 9.67. The molecule has 2 N–H and O–H groups in total. The van der Waals surface area contributed by atoms with E-state index in [4.69, 9.17) is 9.76 Å². The Morgan fingerprint density at radius 1 is 1.33 bits per heavy atom. The van der Waals surface area contributed by atoms with E-state index in [1.165, 1.54) is 6.82 Å². The first kappa shape index (κ1) is 22.3. The van der Waals surface area contributed by atoms with E-state index in [1.54, 1.807) is 0 Å². The van der Waals surface area contributed by atoms with Gasteiger partial charge in [-0.3, -0.25) is 19.0 Å². The number of carbonyl (C=O) groups excluding carboxylic acids is 3. The molecule has 27 heavy (non-hydrogen) atoms. The standard InChI is InChI=1S/C13H17B2FN3O8/c1-15(25)3-2-10(21)26-7-18-5-9(16)12(23)19(13(18)24)8-27-11(22)4-17-14-6-20/h5-6,17,25H,2-4,7-8H2,1H3. The third-order valence-corrected chi connectivity index (χ3v) is 3.11. The summed E-state index contributed by atoms with van der Waals surface area (Å²) in [6, 6.07) is 0. The topological polar surface area (TPSA) is 146 Å². The number of hydrogen-bond acceptors (Lipinski definition) is 9. The third-order valence-electron chi connectivity index (χ3n) is 3.11. The van der Waals surface area contributed by atoms with Crippen molar-refractivity contribution < 1.29 is 33.3 Å². The minimum atomic E-state index is -1.32. The van der Waals surface area contributed by atoms with Gasteiger partial charge in [0, 0.05) is 6.42 Å². The molecule has 0 unspecified atom stereocenters. The maximum atomic E-state index is 13.7. The van der Waals surface area contributed by atoms with E-state index >= 15 is 0 Å². The number of ether oxygens (including phenoxy) is 2. The van der Waals surface area contributed by atoms with Crippen LogP contribution in [0.3, 0.4) is 0 Å². The molecule has 145 valence electrons. The number of halogens is 1. The predicted octanol–water partition coefficient (Wildman–Crippen LogP) is -2.45. The quantitative estimate of drug-likeness (QED) is 0.184. The molecule has 1 heterocycles. The van der Waals surface area contributed by atoms with Crippen LogP contribution in [-0.4, -0.2) is 53.2 Å². The average Bonchev–Trinajstić information content (AvgIpc) is 2.62. The van der Waals surface area contributed by atoms with Crippen LogP contribution in [0.25, 0.3) is 0 Å². The van der Waals surface area contributed by atoms with Crippen LogP contribution in [-0.2, 0) is 37.3 Å². The van der Waals surface area contributed by atoms with E-state index in [1.807, 2.05) is 0 Å². The molecule has 0 aromatic carbocycles. The highest BCUT2D eigenvalue weighted by Crippen LogP contribution is 1.98. The van der Waals surface area contributed by atoms with Gasteiger partial charge in [-0.05, 0) is 6.32 Å². The predicted molar refractivity (Wildman–Crippen MR) is 90.9 cm³/mol. The molecule has 0 atom stereocenters. The fourth-order valence-electron chi connectivity index (χ4n) is 1.74. The van der Waals surface area contributed by atoms with Crippen molar-refractivity contribution in [1.82, 2.24) is 14.4 Å². The SMILES string of the molecule is CB(O)CCC(=O)OCn1cc(F)c(=O)n(COC(=O)CN[B]C=O)c1=O. The van der Waals surface area contributed by atoms with Crippen molar-refractivity contribution in [2.45, 2.75) is 33.0 Å². The number of esters is 2. The van der Waals surface area contributed by atoms with Gasteiger partial charge in [0.25, 0.3) is 19.9 Å². The molecule has 0 saturated carbocycles. The first-order valence-electron chi connectivity index (χ1n) is 7.75. The Bertz CT molecular complexity index is 795. The lowest BCUT2D eigenvalue weighted by molar-refractivity contribution is -0.147. The molecular formula is C13H17B2FN3O8. The lowest BCUT2D eigenvalue weighted by Crippen LogP contribution is -2.43. The highest BCUT2D eigenvalue weighted by Gasteiger charge is 2.15. The summed E-state index contributed by atoms with van der Waals surface area (Å²) in [6.07, 6.45) is 0.987. The molecule has 0 fully saturated rings. The van der Waals surface area contributed by atoms with Crippen molar-refractivity contribution in [3.05, 3.63) is 32.9 Å². The Morgan fingerprint density at radius 2 is 2.00 bits per heavy atom. The molecule has 1 aromatic heterocycles. The third kappa shape index (κ3) is 7.58. The zero-order valence-corrected chi connectivity index (χ0v) is 14.4. The van der Waals surface area contributed by atoms with E-state index in [-0.39, 0.29) is 12.7 Å². The van der Waals surface area contributed by atoms with Crippen molar-refractivity contribution in [3.63, 3.8) is 0 Å². The molecule has 0 saturated heterocycles. The van der Waals surface area contributed by atoms with Crippen LogP contribution >= 0.6 is 0 Å². The van der Waals surface area contributed by atoms with Crippen molar-refractivity contribution in [2.24, 2.45) is 0 Å². The summed E-state index contributed by atoms with van der Waals surface area (Å²) in [4.78, 5) is 56.8. The first-order valence-corrected chi connectivity index (χ1v) is 7.75. The average molecular weight is 384 g/mol. The van der Waals surface area contributed by atoms with E-state index in [0.29, 0.717) is 21.5 Å². The van der Waals surface area contributed by atoms with Crippen LogP contribution < -0.4 is 16.5 Å². The molecular weight excluding hydrogens is 367 g/mol. The molecule has 0 aliphatic rings. The van der Waals surface area contributed by atoms with Crippen molar-refractivity contribution >= 4 is 32.5 Å². The normalized spacial score (nSPS) is 10.2. The van der Waals surface area contributed by atoms with Gasteiger partial charge in [-0.25, -0.2) is 9.36 Å². The summed E-state index contributed by atoms with van der Waals surface area (Å²) in [5.41, 5.74) is -2.39. The molecule has 0 aliphatic carbocycles. The number of hydrogen-bond donors (Lipinski definition) is 2. The summed E-state index contributed by atoms with van der Waals surface area (Å²) in [6.45, 7) is -1.17. The highest BCUT2D eigenvalue weighted by molar-refractivity contribution is 6.64. The highest BCUT2D eigenvalue weighted by atomic mass is 19.1. The molecule has 11 nitrogen and oxygen atoms in total. The monoisotopic (exact) mass is 384 g/mol. The molecule has 1 rings (SSSR count). The Morgan fingerprint density at radius 3 is 2.63 bits per heavy atom. The molecule has 0 amide bonds. The van der Waals surface area contributed by atoms with Crippen LogP contribution in [0.4, 0.5) is 4.39 Å². The van der Waals surface area contributed by atoms with E-state index in [2.05, 4.69) is 9.96 Å². The Hall–Kier alpha value is -2.73. The van der Waals surface area contributed by atoms with Crippen LogP contribution in [0.15, 0.2) is 15.8 Å². The van der Waals surface area contributed by atoms with Crippen molar-refractivity contribution in [1.29, 1.82) is 0 Å². The summed E-state index contributed by atoms with van der Waals surface area (Å²) >= 11 is 0. The Balaban J connectivity index is 2.78. The van der Waals surface area contributed by atoms with Crippen LogP contribution in [0, 0.1) is 5.82 Å². The largest absolute Gasteiger partial charge is 0.451 e. The molecule has 0 spiro atoms. The van der Waals surface area contributed by atoms with Gasteiger partial charge < -0.3 is 24.5 Å². The zero-order chi connectivity index (χ0) is 20.4. The van der Waals surface area contributed by atoms with Gasteiger partial charge in [0.1, 0.15) is 0 Å². The summed E-state index contributed by atoms with van der Waals surface area (Å²) < 4.78 is 24.1.